The van der Waals surface area contributed by atoms with Crippen LogP contribution in [0.25, 0.3) is 0 Å². The molecule has 2 aliphatic rings. The van der Waals surface area contributed by atoms with E-state index in [1.807, 2.05) is 12.4 Å². The van der Waals surface area contributed by atoms with Crippen LogP contribution in [0.4, 0.5) is 0 Å². The zero-order chi connectivity index (χ0) is 13.7. The second-order valence-electron chi connectivity index (χ2n) is 7.33. The summed E-state index contributed by atoms with van der Waals surface area (Å²) in [5.74, 6) is 0.902. The molecular formula is C17H26N2. The van der Waals surface area contributed by atoms with Crippen molar-refractivity contribution in [1.29, 1.82) is 0 Å². The molecule has 3 unspecified atom stereocenters. The first-order chi connectivity index (χ1) is 8.95. The summed E-state index contributed by atoms with van der Waals surface area (Å²) >= 11 is 0. The van der Waals surface area contributed by atoms with Crippen LogP contribution < -0.4 is 5.32 Å². The van der Waals surface area contributed by atoms with E-state index in [9.17, 15) is 0 Å². The summed E-state index contributed by atoms with van der Waals surface area (Å²) in [5.41, 5.74) is 2.29. The van der Waals surface area contributed by atoms with Gasteiger partial charge in [-0.25, -0.2) is 0 Å². The minimum absolute atomic E-state index is 0.417. The van der Waals surface area contributed by atoms with Gasteiger partial charge in [-0.3, -0.25) is 4.98 Å². The molecule has 0 aliphatic heterocycles. The third-order valence-electron chi connectivity index (χ3n) is 6.45. The summed E-state index contributed by atoms with van der Waals surface area (Å²) in [6, 6.07) is 5.32. The Morgan fingerprint density at radius 3 is 2.47 bits per heavy atom. The molecule has 2 bridgehead atoms. The van der Waals surface area contributed by atoms with Crippen LogP contribution in [0.15, 0.2) is 24.5 Å². The van der Waals surface area contributed by atoms with Crippen molar-refractivity contribution in [3.05, 3.63) is 30.1 Å². The zero-order valence-corrected chi connectivity index (χ0v) is 12.6. The average Bonchev–Trinajstić information content (AvgIpc) is 2.73. The van der Waals surface area contributed by atoms with Crippen molar-refractivity contribution in [2.45, 2.75) is 59.0 Å². The Labute approximate surface area is 117 Å². The summed E-state index contributed by atoms with van der Waals surface area (Å²) in [6.45, 7) is 9.72. The van der Waals surface area contributed by atoms with E-state index in [-0.39, 0.29) is 0 Å². The molecule has 0 saturated heterocycles. The summed E-state index contributed by atoms with van der Waals surface area (Å²) in [6.07, 6.45) is 7.93. The number of hydrogen-bond acceptors (Lipinski definition) is 2. The Hall–Kier alpha value is -0.890. The Kier molecular flexibility index (Phi) is 2.97. The van der Waals surface area contributed by atoms with Gasteiger partial charge in [0, 0.05) is 24.5 Å². The van der Waals surface area contributed by atoms with E-state index in [0.717, 1.165) is 5.92 Å². The summed E-state index contributed by atoms with van der Waals surface area (Å²) in [7, 11) is 0. The van der Waals surface area contributed by atoms with Gasteiger partial charge in [-0.15, -0.1) is 0 Å². The lowest BCUT2D eigenvalue weighted by Crippen LogP contribution is -2.45. The molecule has 1 aromatic rings. The lowest BCUT2D eigenvalue weighted by molar-refractivity contribution is 0.116. The van der Waals surface area contributed by atoms with Crippen LogP contribution in [0, 0.1) is 16.7 Å². The molecule has 0 amide bonds. The normalized spacial score (nSPS) is 37.5. The number of rotatable bonds is 3. The molecule has 1 heterocycles. The number of aromatic nitrogens is 1. The molecule has 2 saturated carbocycles. The third kappa shape index (κ3) is 1.84. The van der Waals surface area contributed by atoms with Gasteiger partial charge in [-0.2, -0.15) is 0 Å². The van der Waals surface area contributed by atoms with Crippen molar-refractivity contribution >= 4 is 0 Å². The van der Waals surface area contributed by atoms with Crippen molar-refractivity contribution < 1.29 is 0 Å². The molecule has 0 spiro atoms. The van der Waals surface area contributed by atoms with Crippen LogP contribution in [0.1, 0.15) is 58.6 Å². The Morgan fingerprint density at radius 1 is 1.26 bits per heavy atom. The van der Waals surface area contributed by atoms with Gasteiger partial charge in [0.2, 0.25) is 0 Å². The zero-order valence-electron chi connectivity index (χ0n) is 12.6. The minimum Gasteiger partial charge on any atom is -0.307 e. The maximum Gasteiger partial charge on any atom is 0.0295 e. The van der Waals surface area contributed by atoms with Gasteiger partial charge in [0.15, 0.2) is 0 Å². The molecule has 104 valence electrons. The van der Waals surface area contributed by atoms with Crippen molar-refractivity contribution in [1.82, 2.24) is 10.3 Å². The van der Waals surface area contributed by atoms with Crippen LogP contribution in [0.3, 0.4) is 0 Å². The molecule has 2 nitrogen and oxygen atoms in total. The molecule has 1 N–H and O–H groups in total. The first kappa shape index (κ1) is 13.1. The van der Waals surface area contributed by atoms with E-state index >= 15 is 0 Å². The highest BCUT2D eigenvalue weighted by Gasteiger charge is 2.61. The predicted molar refractivity (Wildman–Crippen MR) is 78.8 cm³/mol. The fourth-order valence-electron chi connectivity index (χ4n) is 4.51. The SMILES string of the molecule is C[C@H](NC1CC2CCC1(C)C2(C)C)c1ccncc1. The lowest BCUT2D eigenvalue weighted by Gasteiger charge is -2.40. The highest BCUT2D eigenvalue weighted by atomic mass is 15.0. The van der Waals surface area contributed by atoms with Gasteiger partial charge in [-0.1, -0.05) is 20.8 Å². The van der Waals surface area contributed by atoms with Crippen molar-refractivity contribution in [2.24, 2.45) is 16.7 Å². The lowest BCUT2D eigenvalue weighted by atomic mass is 9.69. The second kappa shape index (κ2) is 4.31. The van der Waals surface area contributed by atoms with Crippen molar-refractivity contribution in [2.75, 3.05) is 0 Å². The van der Waals surface area contributed by atoms with Crippen LogP contribution in [-0.2, 0) is 0 Å². The molecule has 0 aromatic carbocycles. The standard InChI is InChI=1S/C17H26N2/c1-12(13-6-9-18-10-7-13)19-15-11-14-5-8-17(15,4)16(14,2)3/h6-7,9-10,12,14-15,19H,5,8,11H2,1-4H3/t12-,14?,15?,17?/m0/s1. The van der Waals surface area contributed by atoms with Gasteiger partial charge in [0.25, 0.3) is 0 Å². The molecule has 2 fully saturated rings. The van der Waals surface area contributed by atoms with E-state index in [2.05, 4.69) is 50.1 Å². The number of nitrogens with one attached hydrogen (secondary N) is 1. The maximum absolute atomic E-state index is 4.11. The summed E-state index contributed by atoms with van der Waals surface area (Å²) in [4.78, 5) is 4.11. The fourth-order valence-corrected chi connectivity index (χ4v) is 4.51. The van der Waals surface area contributed by atoms with Gasteiger partial charge < -0.3 is 5.32 Å². The van der Waals surface area contributed by atoms with Gasteiger partial charge in [0.1, 0.15) is 0 Å². The smallest absolute Gasteiger partial charge is 0.0295 e. The topological polar surface area (TPSA) is 24.9 Å². The van der Waals surface area contributed by atoms with Gasteiger partial charge in [0.05, 0.1) is 0 Å². The molecule has 1 aromatic heterocycles. The Balaban J connectivity index is 1.76. The molecule has 2 aliphatic carbocycles. The number of pyridine rings is 1. The van der Waals surface area contributed by atoms with Gasteiger partial charge in [-0.05, 0) is 60.6 Å². The molecular weight excluding hydrogens is 232 g/mol. The van der Waals surface area contributed by atoms with Crippen LogP contribution in [-0.4, -0.2) is 11.0 Å². The highest BCUT2D eigenvalue weighted by molar-refractivity contribution is 5.18. The Morgan fingerprint density at radius 2 is 1.95 bits per heavy atom. The van der Waals surface area contributed by atoms with Crippen LogP contribution in [0.2, 0.25) is 0 Å². The third-order valence-corrected chi connectivity index (χ3v) is 6.45. The number of hydrogen-bond donors (Lipinski definition) is 1. The predicted octanol–water partition coefficient (Wildman–Crippen LogP) is 3.95. The minimum atomic E-state index is 0.417. The molecule has 3 rings (SSSR count). The van der Waals surface area contributed by atoms with E-state index in [1.165, 1.54) is 24.8 Å². The molecule has 19 heavy (non-hydrogen) atoms. The van der Waals surface area contributed by atoms with Crippen molar-refractivity contribution in [3.63, 3.8) is 0 Å². The average molecular weight is 258 g/mol. The molecule has 0 radical (unpaired) electrons. The first-order valence-corrected chi connectivity index (χ1v) is 7.61. The summed E-state index contributed by atoms with van der Waals surface area (Å²) in [5, 5.41) is 3.89. The molecule has 4 atom stereocenters. The number of nitrogens with zero attached hydrogens (tertiary/aromatic N) is 1. The van der Waals surface area contributed by atoms with E-state index in [1.54, 1.807) is 0 Å². The molecule has 2 heteroatoms. The number of fused-ring (bicyclic) bond motifs is 2. The monoisotopic (exact) mass is 258 g/mol. The van der Waals surface area contributed by atoms with Crippen LogP contribution >= 0.6 is 0 Å². The quantitative estimate of drug-likeness (QED) is 0.888. The largest absolute Gasteiger partial charge is 0.307 e. The maximum atomic E-state index is 4.11. The summed E-state index contributed by atoms with van der Waals surface area (Å²) < 4.78 is 0. The highest BCUT2D eigenvalue weighted by Crippen LogP contribution is 2.65. The first-order valence-electron chi connectivity index (χ1n) is 7.61. The second-order valence-corrected chi connectivity index (χ2v) is 7.33. The van der Waals surface area contributed by atoms with E-state index in [0.29, 0.717) is 22.9 Å². The van der Waals surface area contributed by atoms with Crippen LogP contribution in [0.5, 0.6) is 0 Å². The van der Waals surface area contributed by atoms with E-state index in [4.69, 9.17) is 0 Å². The van der Waals surface area contributed by atoms with Gasteiger partial charge >= 0.3 is 0 Å². The fraction of sp³-hybridized carbons (Fsp3) is 0.706. The van der Waals surface area contributed by atoms with E-state index < -0.39 is 0 Å². The Bertz CT molecular complexity index is 454. The van der Waals surface area contributed by atoms with Crippen molar-refractivity contribution in [3.8, 4) is 0 Å².